The van der Waals surface area contributed by atoms with Crippen LogP contribution < -0.4 is 16.0 Å². The van der Waals surface area contributed by atoms with Crippen LogP contribution in [0.5, 0.6) is 0 Å². The number of methoxy groups -OCH3 is 2. The van der Waals surface area contributed by atoms with Gasteiger partial charge in [-0.05, 0) is 60.0 Å². The largest absolute Gasteiger partial charge is 0.531 e. The molecular weight excluding hydrogens is 697 g/mol. The van der Waals surface area contributed by atoms with Crippen molar-refractivity contribution in [2.75, 3.05) is 27.8 Å². The summed E-state index contributed by atoms with van der Waals surface area (Å²) in [6, 6.07) is 7.71. The molecule has 3 fully saturated rings. The molecule has 1 saturated carbocycles. The molecule has 3 aliphatic rings. The van der Waals surface area contributed by atoms with Gasteiger partial charge < -0.3 is 35.2 Å². The molecule has 0 spiro atoms. The molecule has 4 amide bonds. The first-order chi connectivity index (χ1) is 25.2. The fourth-order valence-corrected chi connectivity index (χ4v) is 9.35. The molecule has 2 saturated heterocycles. The van der Waals surface area contributed by atoms with Crippen molar-refractivity contribution in [2.45, 2.75) is 134 Å². The molecule has 14 heteroatoms. The summed E-state index contributed by atoms with van der Waals surface area (Å²) in [6.07, 6.45) is 4.10. The first-order valence-electron chi connectivity index (χ1n) is 19.4. The van der Waals surface area contributed by atoms with Gasteiger partial charge in [0.1, 0.15) is 6.04 Å². The van der Waals surface area contributed by atoms with Crippen LogP contribution >= 0.6 is 8.03 Å². The fraction of sp³-hybridized carbons (Fsp3) is 0.744. The van der Waals surface area contributed by atoms with Crippen molar-refractivity contribution in [3.63, 3.8) is 0 Å². The topological polar surface area (TPSA) is 167 Å². The van der Waals surface area contributed by atoms with Gasteiger partial charge in [0.2, 0.25) is 23.6 Å². The molecule has 2 aliphatic heterocycles. The van der Waals surface area contributed by atoms with E-state index >= 15 is 0 Å². The van der Waals surface area contributed by atoms with Crippen molar-refractivity contribution in [3.05, 3.63) is 35.9 Å². The lowest BCUT2D eigenvalue weighted by Crippen LogP contribution is -2.59. The van der Waals surface area contributed by atoms with E-state index in [4.69, 9.17) is 9.47 Å². The second-order valence-corrected chi connectivity index (χ2v) is 17.0. The second kappa shape index (κ2) is 19.6. The number of nitrogens with zero attached hydrogens (tertiary/aromatic N) is 2. The quantitative estimate of drug-likeness (QED) is 0.154. The van der Waals surface area contributed by atoms with Crippen molar-refractivity contribution in [3.8, 4) is 0 Å². The second-order valence-electron chi connectivity index (χ2n) is 15.8. The molecule has 12 atom stereocenters. The number of carbonyl (C=O) groups is 4. The highest BCUT2D eigenvalue weighted by molar-refractivity contribution is 7.38. The van der Waals surface area contributed by atoms with E-state index in [-0.39, 0.29) is 48.4 Å². The Morgan fingerprint density at radius 2 is 1.74 bits per heavy atom. The van der Waals surface area contributed by atoms with Crippen LogP contribution in [0.1, 0.15) is 85.1 Å². The first kappa shape index (κ1) is 42.8. The third-order valence-electron chi connectivity index (χ3n) is 12.0. The van der Waals surface area contributed by atoms with Crippen molar-refractivity contribution < 1.29 is 38.1 Å². The fourth-order valence-electron chi connectivity index (χ4n) is 8.75. The van der Waals surface area contributed by atoms with Crippen molar-refractivity contribution in [1.82, 2.24) is 25.8 Å². The summed E-state index contributed by atoms with van der Waals surface area (Å²) in [5, 5.41) is 9.25. The molecule has 1 aromatic rings. The predicted octanol–water partition coefficient (Wildman–Crippen LogP) is 3.61. The number of amides is 4. The zero-order valence-corrected chi connectivity index (χ0v) is 33.7. The molecular formula is C39H63N5O8P+. The first-order valence-corrected chi connectivity index (χ1v) is 20.7. The van der Waals surface area contributed by atoms with E-state index < -0.39 is 56.0 Å². The normalized spacial score (nSPS) is 25.2. The van der Waals surface area contributed by atoms with Gasteiger partial charge in [-0.2, -0.15) is 4.89 Å². The summed E-state index contributed by atoms with van der Waals surface area (Å²) in [6.45, 7) is 10.1. The minimum Gasteiger partial charge on any atom is -0.379 e. The van der Waals surface area contributed by atoms with Gasteiger partial charge in [0.25, 0.3) is 5.78 Å². The van der Waals surface area contributed by atoms with Crippen LogP contribution in [0.25, 0.3) is 0 Å². The Morgan fingerprint density at radius 3 is 2.28 bits per heavy atom. The van der Waals surface area contributed by atoms with Gasteiger partial charge >= 0.3 is 8.03 Å². The Balaban J connectivity index is 1.45. The number of rotatable bonds is 19. The predicted molar refractivity (Wildman–Crippen MR) is 203 cm³/mol. The van der Waals surface area contributed by atoms with Gasteiger partial charge in [0.15, 0.2) is 0 Å². The van der Waals surface area contributed by atoms with Crippen molar-refractivity contribution in [1.29, 1.82) is 0 Å². The Labute approximate surface area is 316 Å². The average Bonchev–Trinajstić information content (AvgIpc) is 3.92. The molecule has 1 unspecified atom stereocenters. The standard InChI is InChI=1S/C39H62N5O8P/c1-9-24(4)35(43(6)39(48)33(23(2)3)42-38(47)34-27-17-18-28(21-27)40-34)30(51-7)22-32(45)44-19-13-16-29(44)36(52-8)25(5)37(46)41-31(53(49)50)20-26-14-11-10-12-15-26/h10-12,14-15,23-25,27-31,33-36,40H,9,13,16-22H2,1-8H3,(H2-,41,42,46,47,49,50)/p+1/t24-,25+,27-,28+,29-,30+,31+,33-,34-,35-,36+/m0/s1. The molecule has 53 heavy (non-hydrogen) atoms. The van der Waals surface area contributed by atoms with E-state index in [1.54, 1.807) is 30.9 Å². The molecule has 4 N–H and O–H groups in total. The Hall–Kier alpha value is -2.96. The third-order valence-corrected chi connectivity index (χ3v) is 12.8. The molecule has 1 aliphatic carbocycles. The van der Waals surface area contributed by atoms with Crippen LogP contribution in [0, 0.1) is 23.7 Å². The number of ether oxygens (including phenoxy) is 2. The van der Waals surface area contributed by atoms with Gasteiger partial charge in [-0.25, -0.2) is 0 Å². The summed E-state index contributed by atoms with van der Waals surface area (Å²) < 4.78 is 24.1. The number of likely N-dealkylation sites (tertiary alicyclic amines) is 1. The average molecular weight is 761 g/mol. The summed E-state index contributed by atoms with van der Waals surface area (Å²) >= 11 is 0. The highest BCUT2D eigenvalue weighted by atomic mass is 31.1. The van der Waals surface area contributed by atoms with Gasteiger partial charge in [-0.3, -0.25) is 19.2 Å². The molecule has 0 aromatic heterocycles. The van der Waals surface area contributed by atoms with Crippen LogP contribution in [0.15, 0.2) is 30.3 Å². The van der Waals surface area contributed by atoms with Crippen LogP contribution in [0.2, 0.25) is 0 Å². The number of fused-ring (bicyclic) bond motifs is 2. The molecule has 13 nitrogen and oxygen atoms in total. The summed E-state index contributed by atoms with van der Waals surface area (Å²) in [7, 11) is 2.10. The maximum absolute atomic E-state index is 14.2. The Bertz CT molecular complexity index is 1420. The number of hydrogen-bond donors (Lipinski definition) is 4. The number of benzene rings is 1. The molecule has 296 valence electrons. The van der Waals surface area contributed by atoms with Crippen molar-refractivity contribution >= 4 is 31.7 Å². The number of hydrogen-bond acceptors (Lipinski definition) is 8. The number of likely N-dealkylation sites (N-methyl/N-ethyl adjacent to an activating group) is 1. The van der Waals surface area contributed by atoms with Crippen LogP contribution in [0.3, 0.4) is 0 Å². The smallest absolute Gasteiger partial charge is 0.379 e. The lowest BCUT2D eigenvalue weighted by Gasteiger charge is -2.41. The maximum atomic E-state index is 14.2. The maximum Gasteiger partial charge on any atom is 0.531 e. The van der Waals surface area contributed by atoms with Gasteiger partial charge in [-0.15, -0.1) is 0 Å². The monoisotopic (exact) mass is 760 g/mol. The number of nitrogens with one attached hydrogen (secondary N) is 3. The minimum atomic E-state index is -2.70. The zero-order valence-electron chi connectivity index (χ0n) is 32.8. The van der Waals surface area contributed by atoms with Gasteiger partial charge in [0.05, 0.1) is 42.7 Å². The molecule has 4 rings (SSSR count). The highest BCUT2D eigenvalue weighted by Crippen LogP contribution is 2.36. The van der Waals surface area contributed by atoms with Crippen LogP contribution in [-0.2, 0) is 39.6 Å². The molecule has 1 aromatic carbocycles. The van der Waals surface area contributed by atoms with E-state index in [1.807, 2.05) is 58.0 Å². The van der Waals surface area contributed by atoms with E-state index in [9.17, 15) is 28.6 Å². The highest BCUT2D eigenvalue weighted by Gasteiger charge is 2.46. The summed E-state index contributed by atoms with van der Waals surface area (Å²) in [5.74, 6) is -2.53. The van der Waals surface area contributed by atoms with E-state index in [0.29, 0.717) is 24.9 Å². The Morgan fingerprint density at radius 1 is 1.04 bits per heavy atom. The van der Waals surface area contributed by atoms with Crippen molar-refractivity contribution in [2.24, 2.45) is 23.7 Å². The van der Waals surface area contributed by atoms with E-state index in [0.717, 1.165) is 37.7 Å². The lowest BCUT2D eigenvalue weighted by molar-refractivity contribution is -0.147. The van der Waals surface area contributed by atoms with Crippen LogP contribution in [-0.4, -0.2) is 114 Å². The van der Waals surface area contributed by atoms with Crippen LogP contribution in [0.4, 0.5) is 0 Å². The van der Waals surface area contributed by atoms with E-state index in [1.165, 1.54) is 7.11 Å². The third kappa shape index (κ3) is 10.4. The summed E-state index contributed by atoms with van der Waals surface area (Å²) in [5.41, 5.74) is 0.826. The molecule has 2 bridgehead atoms. The Kier molecular flexibility index (Phi) is 15.8. The zero-order chi connectivity index (χ0) is 39.0. The number of piperidine rings is 1. The number of carbonyl (C=O) groups excluding carboxylic acids is 4. The van der Waals surface area contributed by atoms with Gasteiger partial charge in [0, 0.05) is 40.3 Å². The lowest BCUT2D eigenvalue weighted by atomic mass is 9.89. The van der Waals surface area contributed by atoms with E-state index in [2.05, 4.69) is 16.0 Å². The summed E-state index contributed by atoms with van der Waals surface area (Å²) in [4.78, 5) is 68.7. The SMILES string of the molecule is CC[C@H](C)[C@@H]([C@@H](CC(=O)N1CCC[C@H]1[C@H](OC)[C@@H](C)C(=O)N[C@@H](Cc1ccccc1)[P+](=O)O)OC)N(C)C(=O)[C@@H](NC(=O)[C@H]1N[C@@H]2CC[C@H]1C2)C(C)C. The minimum absolute atomic E-state index is 0.00847. The molecule has 2 heterocycles. The van der Waals surface area contributed by atoms with Gasteiger partial charge in [-0.1, -0.05) is 71.4 Å². The molecule has 0 radical (unpaired) electrons.